The van der Waals surface area contributed by atoms with Gasteiger partial charge in [-0.1, -0.05) is 0 Å². The van der Waals surface area contributed by atoms with Crippen LogP contribution in [0, 0.1) is 13.8 Å². The van der Waals surface area contributed by atoms with Gasteiger partial charge in [0.2, 0.25) is 10.0 Å². The van der Waals surface area contributed by atoms with Crippen molar-refractivity contribution in [1.29, 1.82) is 0 Å². The first-order valence-corrected chi connectivity index (χ1v) is 10.2. The summed E-state index contributed by atoms with van der Waals surface area (Å²) in [5.74, 6) is 0. The number of carbonyl (C=O) groups is 1. The number of aromatic amines is 1. The van der Waals surface area contributed by atoms with Gasteiger partial charge in [0.05, 0.1) is 11.4 Å². The minimum absolute atomic E-state index is 0.215. The lowest BCUT2D eigenvalue weighted by molar-refractivity contribution is 0.0147. The van der Waals surface area contributed by atoms with E-state index in [1.807, 2.05) is 20.8 Å². The van der Waals surface area contributed by atoms with E-state index in [0.717, 1.165) is 0 Å². The molecule has 1 saturated heterocycles. The quantitative estimate of drug-likeness (QED) is 0.776. The Balaban J connectivity index is 1.78. The van der Waals surface area contributed by atoms with Gasteiger partial charge in [-0.3, -0.25) is 10.00 Å². The van der Waals surface area contributed by atoms with Gasteiger partial charge in [0, 0.05) is 39.3 Å². The van der Waals surface area contributed by atoms with Crippen molar-refractivity contribution in [1.82, 2.24) is 24.7 Å². The summed E-state index contributed by atoms with van der Waals surface area (Å²) in [7, 11) is -3.58. The molecule has 9 nitrogen and oxygen atoms in total. The van der Waals surface area contributed by atoms with E-state index in [4.69, 9.17) is 4.74 Å². The molecule has 1 aromatic heterocycles. The average molecular weight is 388 g/mol. The van der Waals surface area contributed by atoms with Crippen molar-refractivity contribution in [3.63, 3.8) is 0 Å². The van der Waals surface area contributed by atoms with Gasteiger partial charge in [0.25, 0.3) is 0 Å². The Bertz CT molecular complexity index is 711. The monoisotopic (exact) mass is 387 g/mol. The normalized spacial score (nSPS) is 16.7. The van der Waals surface area contributed by atoms with Gasteiger partial charge in [0.15, 0.2) is 0 Å². The molecule has 0 saturated carbocycles. The molecule has 0 radical (unpaired) electrons. The van der Waals surface area contributed by atoms with E-state index in [0.29, 0.717) is 50.7 Å². The number of nitrogens with zero attached hydrogens (tertiary/aromatic N) is 3. The molecule has 26 heavy (non-hydrogen) atoms. The van der Waals surface area contributed by atoms with Crippen molar-refractivity contribution in [3.05, 3.63) is 11.4 Å². The first-order chi connectivity index (χ1) is 12.0. The maximum atomic E-state index is 12.4. The number of rotatable bonds is 5. The van der Waals surface area contributed by atoms with Gasteiger partial charge in [-0.05, 0) is 34.6 Å². The van der Waals surface area contributed by atoms with Crippen LogP contribution in [0.4, 0.5) is 4.79 Å². The number of aromatic nitrogens is 2. The first kappa shape index (κ1) is 20.7. The highest BCUT2D eigenvalue weighted by molar-refractivity contribution is 7.89. The molecule has 1 aliphatic heterocycles. The summed E-state index contributed by atoms with van der Waals surface area (Å²) < 4.78 is 32.8. The molecule has 0 aromatic carbocycles. The second kappa shape index (κ2) is 7.93. The van der Waals surface area contributed by atoms with Crippen LogP contribution in [0.3, 0.4) is 0 Å². The molecule has 0 aliphatic carbocycles. The first-order valence-electron chi connectivity index (χ1n) is 8.71. The highest BCUT2D eigenvalue weighted by Gasteiger charge is 2.26. The molecular formula is C16H29N5O4S. The van der Waals surface area contributed by atoms with Crippen LogP contribution in [0.5, 0.6) is 0 Å². The topological polar surface area (TPSA) is 108 Å². The number of ether oxygens (including phenoxy) is 1. The van der Waals surface area contributed by atoms with E-state index in [2.05, 4.69) is 19.8 Å². The van der Waals surface area contributed by atoms with Crippen molar-refractivity contribution in [2.24, 2.45) is 0 Å². The Hall–Kier alpha value is -1.65. The summed E-state index contributed by atoms with van der Waals surface area (Å²) in [6.45, 7) is 12.3. The lowest BCUT2D eigenvalue weighted by atomic mass is 10.2. The van der Waals surface area contributed by atoms with Crippen LogP contribution in [0.25, 0.3) is 0 Å². The number of hydrogen-bond acceptors (Lipinski definition) is 6. The third-order valence-corrected chi connectivity index (χ3v) is 5.80. The van der Waals surface area contributed by atoms with Gasteiger partial charge in [0.1, 0.15) is 10.5 Å². The minimum Gasteiger partial charge on any atom is -0.444 e. The van der Waals surface area contributed by atoms with E-state index in [1.54, 1.807) is 18.7 Å². The number of sulfonamides is 1. The van der Waals surface area contributed by atoms with Crippen LogP contribution in [-0.4, -0.2) is 79.4 Å². The molecule has 1 amide bonds. The molecule has 2 heterocycles. The predicted octanol–water partition coefficient (Wildman–Crippen LogP) is 0.858. The summed E-state index contributed by atoms with van der Waals surface area (Å²) in [5.41, 5.74) is 0.484. The molecule has 0 spiro atoms. The Morgan fingerprint density at radius 1 is 1.23 bits per heavy atom. The second-order valence-electron chi connectivity index (χ2n) is 7.47. The Morgan fingerprint density at radius 2 is 1.85 bits per heavy atom. The van der Waals surface area contributed by atoms with Crippen molar-refractivity contribution < 1.29 is 17.9 Å². The number of amides is 1. The number of piperazine rings is 1. The predicted molar refractivity (Wildman–Crippen MR) is 97.5 cm³/mol. The van der Waals surface area contributed by atoms with Crippen molar-refractivity contribution in [3.8, 4) is 0 Å². The van der Waals surface area contributed by atoms with E-state index >= 15 is 0 Å². The van der Waals surface area contributed by atoms with Crippen LogP contribution in [0.2, 0.25) is 0 Å². The maximum Gasteiger partial charge on any atom is 0.410 e. The number of nitrogens with one attached hydrogen (secondary N) is 2. The van der Waals surface area contributed by atoms with Gasteiger partial charge in [-0.2, -0.15) is 5.10 Å². The zero-order valence-electron chi connectivity index (χ0n) is 16.1. The molecule has 1 fully saturated rings. The molecule has 10 heteroatoms. The molecule has 0 bridgehead atoms. The minimum atomic E-state index is -3.58. The zero-order valence-corrected chi connectivity index (χ0v) is 16.9. The lowest BCUT2D eigenvalue weighted by Crippen LogP contribution is -2.51. The van der Waals surface area contributed by atoms with E-state index in [-0.39, 0.29) is 11.0 Å². The van der Waals surface area contributed by atoms with Gasteiger partial charge in [-0.25, -0.2) is 17.9 Å². The van der Waals surface area contributed by atoms with E-state index in [9.17, 15) is 13.2 Å². The Labute approximate surface area is 155 Å². The van der Waals surface area contributed by atoms with Crippen LogP contribution < -0.4 is 4.72 Å². The van der Waals surface area contributed by atoms with Crippen LogP contribution >= 0.6 is 0 Å². The zero-order chi connectivity index (χ0) is 19.5. The van der Waals surface area contributed by atoms with Gasteiger partial charge < -0.3 is 9.64 Å². The standard InChI is InChI=1S/C16H29N5O4S/c1-12-14(13(2)19-18-12)26(23,24)17-6-7-20-8-10-21(11-9-20)15(22)25-16(3,4)5/h17H,6-11H2,1-5H3,(H,18,19). The van der Waals surface area contributed by atoms with Crippen LogP contribution in [0.15, 0.2) is 4.90 Å². The Kier molecular flexibility index (Phi) is 6.30. The van der Waals surface area contributed by atoms with Gasteiger partial charge in [-0.15, -0.1) is 0 Å². The van der Waals surface area contributed by atoms with Crippen molar-refractivity contribution in [2.75, 3.05) is 39.3 Å². The molecule has 2 rings (SSSR count). The van der Waals surface area contributed by atoms with Gasteiger partial charge >= 0.3 is 6.09 Å². The summed E-state index contributed by atoms with van der Waals surface area (Å²) in [4.78, 5) is 16.1. The Morgan fingerprint density at radius 3 is 2.35 bits per heavy atom. The molecule has 2 N–H and O–H groups in total. The largest absolute Gasteiger partial charge is 0.444 e. The fourth-order valence-corrected chi connectivity index (χ4v) is 4.22. The number of H-pyrrole nitrogens is 1. The van der Waals surface area contributed by atoms with Crippen LogP contribution in [-0.2, 0) is 14.8 Å². The third-order valence-electron chi connectivity index (χ3n) is 4.07. The summed E-state index contributed by atoms with van der Waals surface area (Å²) in [5, 5.41) is 6.61. The highest BCUT2D eigenvalue weighted by Crippen LogP contribution is 2.16. The van der Waals surface area contributed by atoms with E-state index < -0.39 is 15.6 Å². The van der Waals surface area contributed by atoms with Crippen LogP contribution in [0.1, 0.15) is 32.2 Å². The molecule has 1 aromatic rings. The fraction of sp³-hybridized carbons (Fsp3) is 0.750. The summed E-state index contributed by atoms with van der Waals surface area (Å²) in [6, 6.07) is 0. The molecular weight excluding hydrogens is 358 g/mol. The SMILES string of the molecule is Cc1n[nH]c(C)c1S(=O)(=O)NCCN1CCN(C(=O)OC(C)(C)C)CC1. The number of aryl methyl sites for hydroxylation is 2. The molecule has 148 valence electrons. The average Bonchev–Trinajstić information content (AvgIpc) is 2.85. The number of carbonyl (C=O) groups excluding carboxylic acids is 1. The summed E-state index contributed by atoms with van der Waals surface area (Å²) in [6.07, 6.45) is -0.302. The molecule has 0 unspecified atom stereocenters. The highest BCUT2D eigenvalue weighted by atomic mass is 32.2. The molecule has 1 aliphatic rings. The lowest BCUT2D eigenvalue weighted by Gasteiger charge is -2.35. The molecule has 0 atom stereocenters. The summed E-state index contributed by atoms with van der Waals surface area (Å²) >= 11 is 0. The second-order valence-corrected chi connectivity index (χ2v) is 9.17. The fourth-order valence-electron chi connectivity index (χ4n) is 2.83. The smallest absolute Gasteiger partial charge is 0.410 e. The van der Waals surface area contributed by atoms with Crippen molar-refractivity contribution >= 4 is 16.1 Å². The van der Waals surface area contributed by atoms with Crippen molar-refractivity contribution in [2.45, 2.75) is 45.1 Å². The third kappa shape index (κ3) is 5.42. The number of hydrogen-bond donors (Lipinski definition) is 2. The maximum absolute atomic E-state index is 12.4. The van der Waals surface area contributed by atoms with E-state index in [1.165, 1.54) is 0 Å².